The van der Waals surface area contributed by atoms with Gasteiger partial charge in [0.25, 0.3) is 0 Å². The molecule has 1 atom stereocenters. The van der Waals surface area contributed by atoms with Gasteiger partial charge in [-0.1, -0.05) is 0 Å². The highest BCUT2D eigenvalue weighted by atomic mass is 79.9. The van der Waals surface area contributed by atoms with E-state index >= 15 is 0 Å². The Labute approximate surface area is 139 Å². The summed E-state index contributed by atoms with van der Waals surface area (Å²) in [4.78, 5) is 16.9. The number of anilines is 1. The van der Waals surface area contributed by atoms with Crippen LogP contribution in [-0.2, 0) is 0 Å². The van der Waals surface area contributed by atoms with Crippen molar-refractivity contribution in [1.82, 2.24) is 9.88 Å². The predicted molar refractivity (Wildman–Crippen MR) is 88.3 cm³/mol. The molecular weight excluding hydrogens is 368 g/mol. The van der Waals surface area contributed by atoms with E-state index in [9.17, 15) is 4.79 Å². The van der Waals surface area contributed by atoms with E-state index in [-0.39, 0.29) is 6.04 Å². The number of hydrogen-bond acceptors (Lipinski definition) is 5. The molecule has 2 aromatic rings. The molecule has 1 fully saturated rings. The maximum atomic E-state index is 11.1. The van der Waals surface area contributed by atoms with Crippen LogP contribution < -0.4 is 5.32 Å². The van der Waals surface area contributed by atoms with Gasteiger partial charge in [-0.3, -0.25) is 0 Å². The van der Waals surface area contributed by atoms with Crippen LogP contribution in [0.1, 0.15) is 18.4 Å². The number of pyridine rings is 1. The molecule has 1 saturated heterocycles. The van der Waals surface area contributed by atoms with E-state index in [0.717, 1.165) is 26.7 Å². The van der Waals surface area contributed by atoms with Gasteiger partial charge < -0.3 is 15.3 Å². The van der Waals surface area contributed by atoms with E-state index in [0.29, 0.717) is 24.5 Å². The van der Waals surface area contributed by atoms with Crippen molar-refractivity contribution in [3.05, 3.63) is 21.6 Å². The van der Waals surface area contributed by atoms with Crippen molar-refractivity contribution in [2.45, 2.75) is 18.9 Å². The van der Waals surface area contributed by atoms with E-state index in [1.54, 1.807) is 6.20 Å². The first kappa shape index (κ1) is 15.1. The molecule has 0 saturated carbocycles. The molecule has 1 aliphatic heterocycles. The van der Waals surface area contributed by atoms with Crippen molar-refractivity contribution in [3.63, 3.8) is 0 Å². The molecule has 22 heavy (non-hydrogen) atoms. The molecule has 6 nitrogen and oxygen atoms in total. The highest BCUT2D eigenvalue weighted by molar-refractivity contribution is 9.11. The number of nitriles is 1. The van der Waals surface area contributed by atoms with Gasteiger partial charge in [-0.05, 0) is 34.8 Å². The Kier molecular flexibility index (Phi) is 4.18. The van der Waals surface area contributed by atoms with E-state index in [4.69, 9.17) is 10.4 Å². The van der Waals surface area contributed by atoms with Crippen LogP contribution in [0.3, 0.4) is 0 Å². The summed E-state index contributed by atoms with van der Waals surface area (Å²) in [5, 5.41) is 22.5. The molecule has 8 heteroatoms. The monoisotopic (exact) mass is 380 g/mol. The zero-order chi connectivity index (χ0) is 15.7. The fourth-order valence-electron chi connectivity index (χ4n) is 2.65. The van der Waals surface area contributed by atoms with Crippen LogP contribution in [0.4, 0.5) is 10.6 Å². The fraction of sp³-hybridized carbons (Fsp3) is 0.357. The lowest BCUT2D eigenvalue weighted by molar-refractivity contribution is 0.133. The SMILES string of the molecule is N#Cc1cnc(NC2CCCN(C(=O)O)C2)c2cc(Br)sc12. The largest absolute Gasteiger partial charge is 0.465 e. The summed E-state index contributed by atoms with van der Waals surface area (Å²) in [7, 11) is 0. The molecule has 114 valence electrons. The van der Waals surface area contributed by atoms with Crippen LogP contribution in [0.5, 0.6) is 0 Å². The Morgan fingerprint density at radius 3 is 3.18 bits per heavy atom. The number of aromatic nitrogens is 1. The molecule has 0 aromatic carbocycles. The van der Waals surface area contributed by atoms with Gasteiger partial charge in [0, 0.05) is 30.7 Å². The standard InChI is InChI=1S/C14H13BrN4O2S/c15-11-4-10-12(22-11)8(5-16)6-17-13(10)18-9-2-1-3-19(7-9)14(20)21/h4,6,9H,1-3,7H2,(H,17,18)(H,20,21). The number of nitrogens with one attached hydrogen (secondary N) is 1. The Hall–Kier alpha value is -1.85. The summed E-state index contributed by atoms with van der Waals surface area (Å²) >= 11 is 4.94. The highest BCUT2D eigenvalue weighted by Crippen LogP contribution is 2.35. The number of rotatable bonds is 2. The van der Waals surface area contributed by atoms with Crippen molar-refractivity contribution in [2.24, 2.45) is 0 Å². The number of halogens is 1. The van der Waals surface area contributed by atoms with Crippen LogP contribution in [0.2, 0.25) is 0 Å². The summed E-state index contributed by atoms with van der Waals surface area (Å²) in [5.41, 5.74) is 0.548. The minimum atomic E-state index is -0.886. The van der Waals surface area contributed by atoms with Crippen molar-refractivity contribution < 1.29 is 9.90 Å². The molecule has 2 aromatic heterocycles. The zero-order valence-electron chi connectivity index (χ0n) is 11.5. The number of thiophene rings is 1. The number of amides is 1. The minimum absolute atomic E-state index is 0.0344. The molecule has 1 amide bonds. The highest BCUT2D eigenvalue weighted by Gasteiger charge is 2.24. The minimum Gasteiger partial charge on any atom is -0.465 e. The van der Waals surface area contributed by atoms with Gasteiger partial charge in [0.2, 0.25) is 0 Å². The van der Waals surface area contributed by atoms with Gasteiger partial charge in [-0.25, -0.2) is 9.78 Å². The van der Waals surface area contributed by atoms with Gasteiger partial charge in [0.05, 0.1) is 14.0 Å². The van der Waals surface area contributed by atoms with Gasteiger partial charge >= 0.3 is 6.09 Å². The van der Waals surface area contributed by atoms with Crippen LogP contribution in [-0.4, -0.2) is 40.2 Å². The molecule has 1 aliphatic rings. The molecule has 3 rings (SSSR count). The molecule has 0 bridgehead atoms. The first-order valence-corrected chi connectivity index (χ1v) is 8.42. The summed E-state index contributed by atoms with van der Waals surface area (Å²) in [5.74, 6) is 0.702. The Morgan fingerprint density at radius 1 is 1.64 bits per heavy atom. The first-order chi connectivity index (χ1) is 10.6. The number of piperidine rings is 1. The maximum Gasteiger partial charge on any atom is 0.407 e. The summed E-state index contributed by atoms with van der Waals surface area (Å²) in [6.45, 7) is 1.03. The van der Waals surface area contributed by atoms with Crippen molar-refractivity contribution in [1.29, 1.82) is 5.26 Å². The van der Waals surface area contributed by atoms with E-state index in [1.807, 2.05) is 6.07 Å². The van der Waals surface area contributed by atoms with Crippen LogP contribution in [0.25, 0.3) is 10.1 Å². The Morgan fingerprint density at radius 2 is 2.45 bits per heavy atom. The second-order valence-electron chi connectivity index (χ2n) is 5.14. The van der Waals surface area contributed by atoms with Crippen LogP contribution in [0.15, 0.2) is 16.0 Å². The van der Waals surface area contributed by atoms with E-state index in [1.165, 1.54) is 16.2 Å². The van der Waals surface area contributed by atoms with Gasteiger partial charge in [-0.15, -0.1) is 11.3 Å². The number of carboxylic acid groups (broad SMARTS) is 1. The molecule has 1 unspecified atom stereocenters. The zero-order valence-corrected chi connectivity index (χ0v) is 13.9. The third-order valence-electron chi connectivity index (χ3n) is 3.68. The number of nitrogens with zero attached hydrogens (tertiary/aromatic N) is 3. The molecule has 0 spiro atoms. The number of likely N-dealkylation sites (tertiary alicyclic amines) is 1. The average molecular weight is 381 g/mol. The normalized spacial score (nSPS) is 18.2. The molecule has 0 aliphatic carbocycles. The molecule has 0 radical (unpaired) electrons. The lowest BCUT2D eigenvalue weighted by atomic mass is 10.1. The smallest absolute Gasteiger partial charge is 0.407 e. The van der Waals surface area contributed by atoms with Crippen molar-refractivity contribution >= 4 is 49.3 Å². The second kappa shape index (κ2) is 6.10. The third-order valence-corrected chi connectivity index (χ3v) is 5.35. The lowest BCUT2D eigenvalue weighted by Crippen LogP contribution is -2.44. The van der Waals surface area contributed by atoms with E-state index in [2.05, 4.69) is 32.3 Å². The fourth-order valence-corrected chi connectivity index (χ4v) is 4.21. The molecular formula is C14H13BrN4O2S. The number of fused-ring (bicyclic) bond motifs is 1. The van der Waals surface area contributed by atoms with Crippen molar-refractivity contribution in [3.8, 4) is 6.07 Å². The van der Waals surface area contributed by atoms with Gasteiger partial charge in [-0.2, -0.15) is 5.26 Å². The Bertz CT molecular complexity index is 770. The molecule has 2 N–H and O–H groups in total. The van der Waals surface area contributed by atoms with Crippen LogP contribution in [0, 0.1) is 11.3 Å². The third kappa shape index (κ3) is 2.87. The van der Waals surface area contributed by atoms with Gasteiger partial charge in [0.1, 0.15) is 11.9 Å². The summed E-state index contributed by atoms with van der Waals surface area (Å²) in [6, 6.07) is 4.12. The quantitative estimate of drug-likeness (QED) is 0.831. The maximum absolute atomic E-state index is 11.1. The first-order valence-electron chi connectivity index (χ1n) is 6.81. The Balaban J connectivity index is 1.88. The van der Waals surface area contributed by atoms with Crippen LogP contribution >= 0.6 is 27.3 Å². The van der Waals surface area contributed by atoms with Crippen molar-refractivity contribution in [2.75, 3.05) is 18.4 Å². The topological polar surface area (TPSA) is 89.3 Å². The number of hydrogen-bond donors (Lipinski definition) is 2. The predicted octanol–water partition coefficient (Wildman–Crippen LogP) is 3.48. The number of carbonyl (C=O) groups is 1. The summed E-state index contributed by atoms with van der Waals surface area (Å²) < 4.78 is 1.82. The average Bonchev–Trinajstić information content (AvgIpc) is 2.90. The van der Waals surface area contributed by atoms with E-state index < -0.39 is 6.09 Å². The molecule has 3 heterocycles. The second-order valence-corrected chi connectivity index (χ2v) is 7.57. The van der Waals surface area contributed by atoms with Gasteiger partial charge in [0.15, 0.2) is 0 Å². The lowest BCUT2D eigenvalue weighted by Gasteiger charge is -2.31. The summed E-state index contributed by atoms with van der Waals surface area (Å²) in [6.07, 6.45) is 2.41.